The van der Waals surface area contributed by atoms with Gasteiger partial charge in [0.05, 0.1) is 32.2 Å². The highest BCUT2D eigenvalue weighted by Gasteiger charge is 2.26. The number of nitrogens with zero attached hydrogens (tertiary/aromatic N) is 5. The first-order valence-corrected chi connectivity index (χ1v) is 18.6. The number of benzene rings is 3. The van der Waals surface area contributed by atoms with Gasteiger partial charge in [-0.3, -0.25) is 4.90 Å². The van der Waals surface area contributed by atoms with Crippen LogP contribution in [0.3, 0.4) is 0 Å². The number of nitrogen functional groups attached to an aromatic ring is 1. The Morgan fingerprint density at radius 2 is 1.32 bits per heavy atom. The minimum atomic E-state index is -0.488. The van der Waals surface area contributed by atoms with Gasteiger partial charge in [-0.05, 0) is 86.6 Å². The summed E-state index contributed by atoms with van der Waals surface area (Å²) in [6.45, 7) is 13.3. The third-order valence-corrected chi connectivity index (χ3v) is 9.18. The average Bonchev–Trinajstić information content (AvgIpc) is 3.15. The van der Waals surface area contributed by atoms with Crippen molar-refractivity contribution >= 4 is 17.6 Å². The Morgan fingerprint density at radius 1 is 0.774 bits per heavy atom. The third-order valence-electron chi connectivity index (χ3n) is 9.18. The summed E-state index contributed by atoms with van der Waals surface area (Å²) in [5.41, 5.74) is 12.4. The molecule has 0 spiro atoms. The van der Waals surface area contributed by atoms with Gasteiger partial charge >= 0.3 is 12.1 Å². The summed E-state index contributed by atoms with van der Waals surface area (Å²) in [5.74, 6) is 2.25. The predicted octanol–water partition coefficient (Wildman–Crippen LogP) is 7.30. The number of methoxy groups -OCH3 is 2. The second kappa shape index (κ2) is 18.6. The van der Waals surface area contributed by atoms with Crippen LogP contribution in [-0.2, 0) is 37.2 Å². The van der Waals surface area contributed by atoms with Gasteiger partial charge in [0.15, 0.2) is 5.82 Å². The van der Waals surface area contributed by atoms with E-state index in [1.54, 1.807) is 19.1 Å². The van der Waals surface area contributed by atoms with Crippen molar-refractivity contribution in [1.82, 2.24) is 19.8 Å². The zero-order chi connectivity index (χ0) is 37.8. The van der Waals surface area contributed by atoms with Crippen molar-refractivity contribution in [3.63, 3.8) is 0 Å². The quantitative estimate of drug-likeness (QED) is 0.118. The topological polar surface area (TPSA) is 116 Å². The molecule has 1 fully saturated rings. The van der Waals surface area contributed by atoms with Gasteiger partial charge in [0, 0.05) is 45.8 Å². The fourth-order valence-electron chi connectivity index (χ4n) is 6.14. The molecule has 1 saturated heterocycles. The standard InChI is InChI=1S/C42H56N6O5/c1-7-8-27-52-40-44-37(22-17-31-9-11-32(12-10-31)28-46-23-25-47(26-24-46)41(49)53-42(2,3)4)38(43)39(45-40)48(29-33-13-18-35(50-5)19-14-33)30-34-15-20-36(51-6)21-16-34/h9-16,18-21H,7-8,17,22-30,43H2,1-6H3. The first-order valence-electron chi connectivity index (χ1n) is 18.6. The van der Waals surface area contributed by atoms with Crippen LogP contribution in [0.5, 0.6) is 17.5 Å². The summed E-state index contributed by atoms with van der Waals surface area (Å²) in [5, 5.41) is 0. The molecule has 0 bridgehead atoms. The van der Waals surface area contributed by atoms with Crippen LogP contribution in [0.1, 0.15) is 68.5 Å². The molecule has 11 heteroatoms. The van der Waals surface area contributed by atoms with Crippen LogP contribution in [0.2, 0.25) is 0 Å². The number of anilines is 2. The predicted molar refractivity (Wildman–Crippen MR) is 210 cm³/mol. The van der Waals surface area contributed by atoms with Crippen molar-refractivity contribution in [1.29, 1.82) is 0 Å². The fraction of sp³-hybridized carbons (Fsp3) is 0.452. The van der Waals surface area contributed by atoms with Crippen LogP contribution in [0.15, 0.2) is 72.8 Å². The molecule has 3 aromatic carbocycles. The molecule has 0 unspecified atom stereocenters. The van der Waals surface area contributed by atoms with Crippen molar-refractivity contribution in [3.8, 4) is 17.5 Å². The van der Waals surface area contributed by atoms with Crippen LogP contribution in [0.25, 0.3) is 0 Å². The molecule has 284 valence electrons. The minimum absolute atomic E-state index is 0.236. The van der Waals surface area contributed by atoms with E-state index in [1.807, 2.05) is 45.0 Å². The van der Waals surface area contributed by atoms with Crippen LogP contribution >= 0.6 is 0 Å². The molecular formula is C42H56N6O5. The van der Waals surface area contributed by atoms with Crippen molar-refractivity contribution in [3.05, 3.63) is 101 Å². The molecule has 1 aromatic heterocycles. The Bertz CT molecular complexity index is 1690. The lowest BCUT2D eigenvalue weighted by atomic mass is 10.0. The van der Waals surface area contributed by atoms with Gasteiger partial charge in [0.2, 0.25) is 0 Å². The van der Waals surface area contributed by atoms with E-state index in [-0.39, 0.29) is 6.09 Å². The fourth-order valence-corrected chi connectivity index (χ4v) is 6.14. The van der Waals surface area contributed by atoms with Crippen LogP contribution in [-0.4, -0.2) is 78.5 Å². The maximum absolute atomic E-state index is 12.5. The van der Waals surface area contributed by atoms with Crippen molar-refractivity contribution < 1.29 is 23.7 Å². The van der Waals surface area contributed by atoms with Gasteiger partial charge in [-0.25, -0.2) is 4.79 Å². The van der Waals surface area contributed by atoms with E-state index < -0.39 is 5.60 Å². The first-order chi connectivity index (χ1) is 25.5. The molecule has 2 heterocycles. The number of carbonyl (C=O) groups is 1. The monoisotopic (exact) mass is 724 g/mol. The van der Waals surface area contributed by atoms with E-state index in [9.17, 15) is 4.79 Å². The van der Waals surface area contributed by atoms with Gasteiger partial charge in [-0.2, -0.15) is 9.97 Å². The summed E-state index contributed by atoms with van der Waals surface area (Å²) < 4.78 is 22.5. The second-order valence-electron chi connectivity index (χ2n) is 14.5. The number of amides is 1. The third kappa shape index (κ3) is 11.7. The maximum Gasteiger partial charge on any atom is 0.410 e. The molecule has 5 rings (SSSR count). The summed E-state index contributed by atoms with van der Waals surface area (Å²) >= 11 is 0. The number of aromatic nitrogens is 2. The summed E-state index contributed by atoms with van der Waals surface area (Å²) in [4.78, 5) is 28.6. The second-order valence-corrected chi connectivity index (χ2v) is 14.5. The molecule has 2 N–H and O–H groups in total. The molecule has 1 aliphatic heterocycles. The lowest BCUT2D eigenvalue weighted by molar-refractivity contribution is 0.0139. The number of hydrogen-bond donors (Lipinski definition) is 1. The van der Waals surface area contributed by atoms with Gasteiger partial charge < -0.3 is 34.5 Å². The summed E-state index contributed by atoms with van der Waals surface area (Å²) in [7, 11) is 3.34. The van der Waals surface area contributed by atoms with Gasteiger partial charge in [-0.1, -0.05) is 61.9 Å². The largest absolute Gasteiger partial charge is 0.497 e. The highest BCUT2D eigenvalue weighted by Crippen LogP contribution is 2.31. The zero-order valence-corrected chi connectivity index (χ0v) is 32.3. The number of hydrogen-bond acceptors (Lipinski definition) is 10. The molecule has 0 atom stereocenters. The van der Waals surface area contributed by atoms with Crippen LogP contribution in [0, 0.1) is 0 Å². The molecule has 0 saturated carbocycles. The Kier molecular flexibility index (Phi) is 13.8. The lowest BCUT2D eigenvalue weighted by Gasteiger charge is -2.35. The average molecular weight is 725 g/mol. The van der Waals surface area contributed by atoms with Gasteiger partial charge in [0.25, 0.3) is 0 Å². The number of piperazine rings is 1. The number of aryl methyl sites for hydroxylation is 2. The van der Waals surface area contributed by atoms with Crippen LogP contribution in [0.4, 0.5) is 16.3 Å². The first kappa shape index (κ1) is 39.2. The Balaban J connectivity index is 1.30. The molecular weight excluding hydrogens is 668 g/mol. The van der Waals surface area contributed by atoms with Crippen LogP contribution < -0.4 is 24.8 Å². The Morgan fingerprint density at radius 3 is 1.85 bits per heavy atom. The van der Waals surface area contributed by atoms with Gasteiger partial charge in [0.1, 0.15) is 17.1 Å². The van der Waals surface area contributed by atoms with Gasteiger partial charge in [-0.15, -0.1) is 0 Å². The Hall–Kier alpha value is -5.03. The smallest absolute Gasteiger partial charge is 0.410 e. The molecule has 11 nitrogen and oxygen atoms in total. The van der Waals surface area contributed by atoms with Crippen molar-refractivity contribution in [2.75, 3.05) is 57.6 Å². The number of nitrogens with two attached hydrogens (primary N) is 1. The molecule has 4 aromatic rings. The van der Waals surface area contributed by atoms with E-state index in [0.717, 1.165) is 67.2 Å². The van der Waals surface area contributed by atoms with E-state index >= 15 is 0 Å². The molecule has 1 amide bonds. The normalized spacial score (nSPS) is 13.4. The van der Waals surface area contributed by atoms with E-state index in [2.05, 4.69) is 65.3 Å². The number of carbonyl (C=O) groups excluding carboxylic acids is 1. The highest BCUT2D eigenvalue weighted by molar-refractivity contribution is 5.68. The summed E-state index contributed by atoms with van der Waals surface area (Å²) in [6, 6.07) is 25.2. The lowest BCUT2D eigenvalue weighted by Crippen LogP contribution is -2.49. The number of rotatable bonds is 16. The molecule has 0 aliphatic carbocycles. The summed E-state index contributed by atoms with van der Waals surface area (Å²) in [6.07, 6.45) is 3.08. The van der Waals surface area contributed by atoms with Crippen molar-refractivity contribution in [2.45, 2.75) is 78.6 Å². The minimum Gasteiger partial charge on any atom is -0.497 e. The molecule has 53 heavy (non-hydrogen) atoms. The SMILES string of the molecule is CCCCOc1nc(CCc2ccc(CN3CCN(C(=O)OC(C)(C)C)CC3)cc2)c(N)c(N(Cc2ccc(OC)cc2)Cc2ccc(OC)cc2)n1. The Labute approximate surface area is 315 Å². The highest BCUT2D eigenvalue weighted by atomic mass is 16.6. The van der Waals surface area contributed by atoms with E-state index in [0.29, 0.717) is 56.7 Å². The maximum atomic E-state index is 12.5. The van der Waals surface area contributed by atoms with Crippen molar-refractivity contribution in [2.24, 2.45) is 0 Å². The molecule has 1 aliphatic rings. The number of ether oxygens (including phenoxy) is 4. The van der Waals surface area contributed by atoms with E-state index in [4.69, 9.17) is 34.6 Å². The number of unbranched alkanes of at least 4 members (excludes halogenated alkanes) is 1. The molecule has 0 radical (unpaired) electrons. The zero-order valence-electron chi connectivity index (χ0n) is 32.3. The van der Waals surface area contributed by atoms with E-state index in [1.165, 1.54) is 11.1 Å².